The molecule has 1 aromatic carbocycles. The van der Waals surface area contributed by atoms with Gasteiger partial charge in [0.2, 0.25) is 0 Å². The van der Waals surface area contributed by atoms with Gasteiger partial charge >= 0.3 is 0 Å². The SMILES string of the molecule is NCCc1ccc(Br)cc1Sc1cnccn1. The summed E-state index contributed by atoms with van der Waals surface area (Å²) in [5.74, 6) is 0. The van der Waals surface area contributed by atoms with E-state index in [0.29, 0.717) is 6.54 Å². The van der Waals surface area contributed by atoms with Gasteiger partial charge in [-0.3, -0.25) is 4.98 Å². The number of hydrogen-bond donors (Lipinski definition) is 1. The van der Waals surface area contributed by atoms with Gasteiger partial charge in [-0.25, -0.2) is 4.98 Å². The van der Waals surface area contributed by atoms with Crippen molar-refractivity contribution in [1.82, 2.24) is 9.97 Å². The van der Waals surface area contributed by atoms with E-state index in [1.165, 1.54) is 10.5 Å². The maximum atomic E-state index is 5.61. The fourth-order valence-corrected chi connectivity index (χ4v) is 2.89. The van der Waals surface area contributed by atoms with E-state index < -0.39 is 0 Å². The van der Waals surface area contributed by atoms with E-state index in [0.717, 1.165) is 15.9 Å². The van der Waals surface area contributed by atoms with Crippen molar-refractivity contribution >= 4 is 27.7 Å². The number of halogens is 1. The largest absolute Gasteiger partial charge is 0.330 e. The van der Waals surface area contributed by atoms with Gasteiger partial charge in [-0.1, -0.05) is 33.8 Å². The lowest BCUT2D eigenvalue weighted by Gasteiger charge is -2.08. The number of hydrogen-bond acceptors (Lipinski definition) is 4. The molecule has 0 saturated heterocycles. The van der Waals surface area contributed by atoms with Crippen molar-refractivity contribution in [3.05, 3.63) is 46.8 Å². The zero-order chi connectivity index (χ0) is 12.1. The van der Waals surface area contributed by atoms with Crippen molar-refractivity contribution in [3.63, 3.8) is 0 Å². The van der Waals surface area contributed by atoms with Crippen LogP contribution in [0.4, 0.5) is 0 Å². The lowest BCUT2D eigenvalue weighted by Crippen LogP contribution is -2.03. The lowest BCUT2D eigenvalue weighted by atomic mass is 10.1. The summed E-state index contributed by atoms with van der Waals surface area (Å²) in [4.78, 5) is 9.49. The molecule has 0 aliphatic carbocycles. The van der Waals surface area contributed by atoms with Crippen LogP contribution in [0.3, 0.4) is 0 Å². The molecule has 0 amide bonds. The predicted octanol–water partition coefficient (Wildman–Crippen LogP) is 2.89. The topological polar surface area (TPSA) is 51.8 Å². The summed E-state index contributed by atoms with van der Waals surface area (Å²) in [6, 6.07) is 6.21. The highest BCUT2D eigenvalue weighted by atomic mass is 79.9. The van der Waals surface area contributed by atoms with Gasteiger partial charge in [0.05, 0.1) is 6.20 Å². The third-order valence-corrected chi connectivity index (χ3v) is 3.71. The van der Waals surface area contributed by atoms with Gasteiger partial charge in [0, 0.05) is 21.8 Å². The number of benzene rings is 1. The average molecular weight is 310 g/mol. The number of nitrogens with two attached hydrogens (primary N) is 1. The van der Waals surface area contributed by atoms with Crippen LogP contribution < -0.4 is 5.73 Å². The van der Waals surface area contributed by atoms with Crippen LogP contribution in [0.1, 0.15) is 5.56 Å². The van der Waals surface area contributed by atoms with Crippen molar-refractivity contribution in [2.45, 2.75) is 16.3 Å². The van der Waals surface area contributed by atoms with Gasteiger partial charge in [-0.15, -0.1) is 0 Å². The summed E-state index contributed by atoms with van der Waals surface area (Å²) >= 11 is 5.09. The Hall–Kier alpha value is -0.910. The van der Waals surface area contributed by atoms with Crippen molar-refractivity contribution < 1.29 is 0 Å². The molecule has 2 N–H and O–H groups in total. The molecule has 1 heterocycles. The van der Waals surface area contributed by atoms with Gasteiger partial charge in [0.15, 0.2) is 0 Å². The average Bonchev–Trinajstić information content (AvgIpc) is 2.34. The van der Waals surface area contributed by atoms with E-state index in [1.807, 2.05) is 6.07 Å². The molecule has 0 unspecified atom stereocenters. The molecule has 3 nitrogen and oxygen atoms in total. The Morgan fingerprint density at radius 2 is 2.18 bits per heavy atom. The number of nitrogens with zero attached hydrogens (tertiary/aromatic N) is 2. The first-order chi connectivity index (χ1) is 8.29. The van der Waals surface area contributed by atoms with Gasteiger partial charge in [-0.05, 0) is 30.7 Å². The molecule has 17 heavy (non-hydrogen) atoms. The Morgan fingerprint density at radius 1 is 1.29 bits per heavy atom. The van der Waals surface area contributed by atoms with Crippen LogP contribution in [0, 0.1) is 0 Å². The first-order valence-electron chi connectivity index (χ1n) is 5.22. The molecule has 0 radical (unpaired) electrons. The second-order valence-corrected chi connectivity index (χ2v) is 5.41. The highest BCUT2D eigenvalue weighted by molar-refractivity contribution is 9.10. The van der Waals surface area contributed by atoms with E-state index in [2.05, 4.69) is 38.0 Å². The van der Waals surface area contributed by atoms with Crippen LogP contribution in [-0.2, 0) is 6.42 Å². The first-order valence-corrected chi connectivity index (χ1v) is 6.83. The van der Waals surface area contributed by atoms with Crippen LogP contribution in [0.25, 0.3) is 0 Å². The first kappa shape index (κ1) is 12.5. The molecular weight excluding hydrogens is 298 g/mol. The van der Waals surface area contributed by atoms with E-state index >= 15 is 0 Å². The smallest absolute Gasteiger partial charge is 0.119 e. The van der Waals surface area contributed by atoms with Crippen LogP contribution >= 0.6 is 27.7 Å². The predicted molar refractivity (Wildman–Crippen MR) is 73.1 cm³/mol. The Bertz CT molecular complexity index is 490. The minimum Gasteiger partial charge on any atom is -0.330 e. The van der Waals surface area contributed by atoms with E-state index in [-0.39, 0.29) is 0 Å². The van der Waals surface area contributed by atoms with Crippen molar-refractivity contribution in [2.75, 3.05) is 6.54 Å². The summed E-state index contributed by atoms with van der Waals surface area (Å²) in [7, 11) is 0. The Balaban J connectivity index is 2.27. The second kappa shape index (κ2) is 6.14. The molecule has 0 aliphatic heterocycles. The Kier molecular flexibility index (Phi) is 4.53. The molecule has 0 bridgehead atoms. The normalized spacial score (nSPS) is 10.5. The molecule has 0 fully saturated rings. The molecule has 88 valence electrons. The molecule has 0 atom stereocenters. The summed E-state index contributed by atoms with van der Waals surface area (Å²) < 4.78 is 1.06. The van der Waals surface area contributed by atoms with Crippen LogP contribution in [-0.4, -0.2) is 16.5 Å². The molecule has 0 saturated carbocycles. The van der Waals surface area contributed by atoms with E-state index in [4.69, 9.17) is 5.73 Å². The third kappa shape index (κ3) is 3.52. The van der Waals surface area contributed by atoms with E-state index in [1.54, 1.807) is 30.4 Å². The number of rotatable bonds is 4. The third-order valence-electron chi connectivity index (χ3n) is 2.20. The van der Waals surface area contributed by atoms with Crippen LogP contribution in [0.5, 0.6) is 0 Å². The summed E-state index contributed by atoms with van der Waals surface area (Å²) in [6.45, 7) is 0.648. The lowest BCUT2D eigenvalue weighted by molar-refractivity contribution is 0.941. The molecule has 0 spiro atoms. The minimum absolute atomic E-state index is 0.648. The zero-order valence-corrected chi connectivity index (χ0v) is 11.5. The standard InChI is InChI=1S/C12H12BrN3S/c13-10-2-1-9(3-4-14)11(7-10)17-12-8-15-5-6-16-12/h1-2,5-8H,3-4,14H2. The maximum Gasteiger partial charge on any atom is 0.119 e. The molecule has 2 aromatic rings. The highest BCUT2D eigenvalue weighted by Gasteiger charge is 2.05. The molecule has 1 aromatic heterocycles. The molecular formula is C12H12BrN3S. The fraction of sp³-hybridized carbons (Fsp3) is 0.167. The van der Waals surface area contributed by atoms with Gasteiger partial charge < -0.3 is 5.73 Å². The molecule has 0 aliphatic rings. The fourth-order valence-electron chi connectivity index (χ4n) is 1.44. The van der Waals surface area contributed by atoms with Crippen LogP contribution in [0.15, 0.2) is 51.2 Å². The quantitative estimate of drug-likeness (QED) is 0.943. The Labute approximate surface area is 113 Å². The van der Waals surface area contributed by atoms with Crippen molar-refractivity contribution in [3.8, 4) is 0 Å². The monoisotopic (exact) mass is 309 g/mol. The zero-order valence-electron chi connectivity index (χ0n) is 9.14. The van der Waals surface area contributed by atoms with Crippen molar-refractivity contribution in [2.24, 2.45) is 5.73 Å². The molecule has 2 rings (SSSR count). The van der Waals surface area contributed by atoms with Gasteiger partial charge in [0.1, 0.15) is 5.03 Å². The summed E-state index contributed by atoms with van der Waals surface area (Å²) in [6.07, 6.45) is 6.00. The highest BCUT2D eigenvalue weighted by Crippen LogP contribution is 2.31. The Morgan fingerprint density at radius 3 is 2.88 bits per heavy atom. The van der Waals surface area contributed by atoms with Gasteiger partial charge in [-0.2, -0.15) is 0 Å². The summed E-state index contributed by atoms with van der Waals surface area (Å²) in [5, 5.41) is 0.892. The second-order valence-electron chi connectivity index (χ2n) is 3.44. The van der Waals surface area contributed by atoms with Crippen LogP contribution in [0.2, 0.25) is 0 Å². The maximum absolute atomic E-state index is 5.61. The molecule has 5 heteroatoms. The number of aromatic nitrogens is 2. The minimum atomic E-state index is 0.648. The van der Waals surface area contributed by atoms with Crippen molar-refractivity contribution in [1.29, 1.82) is 0 Å². The van der Waals surface area contributed by atoms with Gasteiger partial charge in [0.25, 0.3) is 0 Å². The van der Waals surface area contributed by atoms with E-state index in [9.17, 15) is 0 Å². The summed E-state index contributed by atoms with van der Waals surface area (Å²) in [5.41, 5.74) is 6.85.